The molecule has 88 valence electrons. The van der Waals surface area contributed by atoms with Gasteiger partial charge in [-0.1, -0.05) is 12.1 Å². The van der Waals surface area contributed by atoms with Crippen LogP contribution < -0.4 is 0 Å². The third kappa shape index (κ3) is 2.12. The molecule has 0 bridgehead atoms. The lowest BCUT2D eigenvalue weighted by Crippen LogP contribution is -1.96. The van der Waals surface area contributed by atoms with Crippen LogP contribution in [0.2, 0.25) is 0 Å². The molecule has 0 unspecified atom stereocenters. The van der Waals surface area contributed by atoms with Gasteiger partial charge in [-0.05, 0) is 30.7 Å². The first-order valence-corrected chi connectivity index (χ1v) is 5.81. The van der Waals surface area contributed by atoms with Gasteiger partial charge in [0.05, 0.1) is 13.2 Å². The van der Waals surface area contributed by atoms with E-state index in [0.29, 0.717) is 13.2 Å². The standard InChI is InChI=1S/C14H15NO2/c1-11-3-2-4-13(9-11)15-6-5-12(10-15)14-16-7-8-17-14/h2-6,9-10,14H,7-8H2,1H3. The van der Waals surface area contributed by atoms with E-state index in [9.17, 15) is 0 Å². The molecule has 2 heterocycles. The van der Waals surface area contributed by atoms with E-state index in [1.807, 2.05) is 12.3 Å². The Morgan fingerprint density at radius 2 is 2.00 bits per heavy atom. The second-order valence-corrected chi connectivity index (χ2v) is 4.26. The molecule has 2 aromatic rings. The third-order valence-corrected chi connectivity index (χ3v) is 2.91. The smallest absolute Gasteiger partial charge is 0.185 e. The van der Waals surface area contributed by atoms with Gasteiger partial charge < -0.3 is 14.0 Å². The summed E-state index contributed by atoms with van der Waals surface area (Å²) >= 11 is 0. The minimum atomic E-state index is -0.193. The maximum Gasteiger partial charge on any atom is 0.185 e. The Morgan fingerprint density at radius 1 is 1.18 bits per heavy atom. The number of hydrogen-bond acceptors (Lipinski definition) is 2. The van der Waals surface area contributed by atoms with Crippen molar-refractivity contribution in [2.45, 2.75) is 13.2 Å². The predicted molar refractivity (Wildman–Crippen MR) is 65.2 cm³/mol. The second kappa shape index (κ2) is 4.35. The monoisotopic (exact) mass is 229 g/mol. The van der Waals surface area contributed by atoms with E-state index in [1.165, 1.54) is 5.56 Å². The van der Waals surface area contributed by atoms with Gasteiger partial charge in [0, 0.05) is 23.6 Å². The molecule has 1 aliphatic rings. The first-order chi connectivity index (χ1) is 8.33. The largest absolute Gasteiger partial charge is 0.346 e. The molecule has 1 aromatic heterocycles. The predicted octanol–water partition coefficient (Wildman–Crippen LogP) is 2.83. The summed E-state index contributed by atoms with van der Waals surface area (Å²) in [6.45, 7) is 3.46. The molecular weight excluding hydrogens is 214 g/mol. The van der Waals surface area contributed by atoms with Crippen LogP contribution in [0.5, 0.6) is 0 Å². The highest BCUT2D eigenvalue weighted by atomic mass is 16.7. The highest BCUT2D eigenvalue weighted by Crippen LogP contribution is 2.24. The van der Waals surface area contributed by atoms with E-state index in [1.54, 1.807) is 0 Å². The SMILES string of the molecule is Cc1cccc(-n2ccc(C3OCCO3)c2)c1. The number of benzene rings is 1. The minimum absolute atomic E-state index is 0.193. The van der Waals surface area contributed by atoms with Gasteiger partial charge in [0.25, 0.3) is 0 Å². The summed E-state index contributed by atoms with van der Waals surface area (Å²) in [5, 5.41) is 0. The molecule has 0 N–H and O–H groups in total. The average Bonchev–Trinajstić information content (AvgIpc) is 3.00. The van der Waals surface area contributed by atoms with E-state index in [4.69, 9.17) is 9.47 Å². The molecule has 0 saturated carbocycles. The Hall–Kier alpha value is -1.58. The van der Waals surface area contributed by atoms with Gasteiger partial charge in [0.1, 0.15) is 0 Å². The van der Waals surface area contributed by atoms with Crippen molar-refractivity contribution in [3.8, 4) is 5.69 Å². The molecule has 1 aromatic carbocycles. The van der Waals surface area contributed by atoms with Gasteiger partial charge >= 0.3 is 0 Å². The zero-order chi connectivity index (χ0) is 11.7. The maximum atomic E-state index is 5.48. The van der Waals surface area contributed by atoms with Crippen molar-refractivity contribution in [3.63, 3.8) is 0 Å². The number of ether oxygens (including phenoxy) is 2. The molecule has 0 spiro atoms. The number of nitrogens with zero attached hydrogens (tertiary/aromatic N) is 1. The van der Waals surface area contributed by atoms with Crippen LogP contribution in [0.4, 0.5) is 0 Å². The fourth-order valence-corrected chi connectivity index (χ4v) is 2.05. The quantitative estimate of drug-likeness (QED) is 0.790. The zero-order valence-electron chi connectivity index (χ0n) is 9.80. The molecular formula is C14H15NO2. The van der Waals surface area contributed by atoms with Crippen molar-refractivity contribution in [1.29, 1.82) is 0 Å². The van der Waals surface area contributed by atoms with E-state index in [-0.39, 0.29) is 6.29 Å². The molecule has 1 saturated heterocycles. The molecule has 1 fully saturated rings. The number of hydrogen-bond donors (Lipinski definition) is 0. The normalized spacial score (nSPS) is 16.5. The van der Waals surface area contributed by atoms with Crippen LogP contribution >= 0.6 is 0 Å². The Balaban J connectivity index is 1.89. The van der Waals surface area contributed by atoms with Gasteiger partial charge in [-0.2, -0.15) is 0 Å². The Kier molecular flexibility index (Phi) is 2.71. The first kappa shape index (κ1) is 10.6. The summed E-state index contributed by atoms with van der Waals surface area (Å²) in [5.74, 6) is 0. The van der Waals surface area contributed by atoms with E-state index in [0.717, 1.165) is 11.3 Å². The van der Waals surface area contributed by atoms with Gasteiger partial charge in [0.15, 0.2) is 6.29 Å². The van der Waals surface area contributed by atoms with Crippen LogP contribution in [-0.4, -0.2) is 17.8 Å². The molecule has 1 aliphatic heterocycles. The van der Waals surface area contributed by atoms with E-state index in [2.05, 4.69) is 42.0 Å². The summed E-state index contributed by atoms with van der Waals surface area (Å²) in [4.78, 5) is 0. The molecule has 17 heavy (non-hydrogen) atoms. The fourth-order valence-electron chi connectivity index (χ4n) is 2.05. The number of rotatable bonds is 2. The molecule has 3 rings (SSSR count). The highest BCUT2D eigenvalue weighted by molar-refractivity contribution is 5.37. The van der Waals surface area contributed by atoms with Gasteiger partial charge in [0.2, 0.25) is 0 Å². The molecule has 0 amide bonds. The summed E-state index contributed by atoms with van der Waals surface area (Å²) in [6.07, 6.45) is 3.90. The summed E-state index contributed by atoms with van der Waals surface area (Å²) < 4.78 is 13.0. The summed E-state index contributed by atoms with van der Waals surface area (Å²) in [5.41, 5.74) is 3.49. The van der Waals surface area contributed by atoms with Crippen LogP contribution in [-0.2, 0) is 9.47 Å². The lowest BCUT2D eigenvalue weighted by molar-refractivity contribution is -0.0440. The number of aromatic nitrogens is 1. The lowest BCUT2D eigenvalue weighted by atomic mass is 10.2. The van der Waals surface area contributed by atoms with Crippen molar-refractivity contribution in [2.24, 2.45) is 0 Å². The molecule has 3 nitrogen and oxygen atoms in total. The highest BCUT2D eigenvalue weighted by Gasteiger charge is 2.19. The van der Waals surface area contributed by atoms with Crippen LogP contribution in [0, 0.1) is 6.92 Å². The second-order valence-electron chi connectivity index (χ2n) is 4.26. The Bertz CT molecular complexity index is 512. The van der Waals surface area contributed by atoms with Crippen molar-refractivity contribution < 1.29 is 9.47 Å². The maximum absolute atomic E-state index is 5.48. The third-order valence-electron chi connectivity index (χ3n) is 2.91. The zero-order valence-corrected chi connectivity index (χ0v) is 9.80. The molecule has 3 heteroatoms. The first-order valence-electron chi connectivity index (χ1n) is 5.81. The van der Waals surface area contributed by atoms with Crippen molar-refractivity contribution in [1.82, 2.24) is 4.57 Å². The van der Waals surface area contributed by atoms with Crippen LogP contribution in [0.1, 0.15) is 17.4 Å². The van der Waals surface area contributed by atoms with Crippen molar-refractivity contribution in [2.75, 3.05) is 13.2 Å². The van der Waals surface area contributed by atoms with Gasteiger partial charge in [-0.15, -0.1) is 0 Å². The molecule has 0 aliphatic carbocycles. The average molecular weight is 229 g/mol. The van der Waals surface area contributed by atoms with Gasteiger partial charge in [-0.3, -0.25) is 0 Å². The van der Waals surface area contributed by atoms with Crippen LogP contribution in [0.3, 0.4) is 0 Å². The van der Waals surface area contributed by atoms with Crippen LogP contribution in [0.25, 0.3) is 5.69 Å². The lowest BCUT2D eigenvalue weighted by Gasteiger charge is -2.06. The Labute approximate surface area is 101 Å². The summed E-state index contributed by atoms with van der Waals surface area (Å²) in [7, 11) is 0. The molecule has 0 atom stereocenters. The van der Waals surface area contributed by atoms with E-state index < -0.39 is 0 Å². The van der Waals surface area contributed by atoms with Gasteiger partial charge in [-0.25, -0.2) is 0 Å². The minimum Gasteiger partial charge on any atom is -0.346 e. The van der Waals surface area contributed by atoms with Crippen LogP contribution in [0.15, 0.2) is 42.7 Å². The fraction of sp³-hybridized carbons (Fsp3) is 0.286. The van der Waals surface area contributed by atoms with Crippen molar-refractivity contribution >= 4 is 0 Å². The number of aryl methyl sites for hydroxylation is 1. The topological polar surface area (TPSA) is 23.4 Å². The Morgan fingerprint density at radius 3 is 2.76 bits per heavy atom. The summed E-state index contributed by atoms with van der Waals surface area (Å²) in [6, 6.07) is 10.4. The van der Waals surface area contributed by atoms with Crippen molar-refractivity contribution in [3.05, 3.63) is 53.9 Å². The van der Waals surface area contributed by atoms with E-state index >= 15 is 0 Å². The molecule has 0 radical (unpaired) electrons.